The van der Waals surface area contributed by atoms with Crippen LogP contribution in [0.5, 0.6) is 5.75 Å². The van der Waals surface area contributed by atoms with Crippen molar-refractivity contribution in [1.29, 1.82) is 0 Å². The summed E-state index contributed by atoms with van der Waals surface area (Å²) in [6.07, 6.45) is 0. The molecule has 0 amide bonds. The third kappa shape index (κ3) is 1.92. The molecule has 82 valence electrons. The van der Waals surface area contributed by atoms with E-state index in [4.69, 9.17) is 4.74 Å². The summed E-state index contributed by atoms with van der Waals surface area (Å²) in [6, 6.07) is 8.63. The Labute approximate surface area is 96.9 Å². The number of carbonyl (C=O) groups excluding carboxylic acids is 1. The van der Waals surface area contributed by atoms with Gasteiger partial charge in [0.15, 0.2) is 0 Å². The number of phenols is 1. The summed E-state index contributed by atoms with van der Waals surface area (Å²) in [6.45, 7) is 0. The Balaban J connectivity index is 2.48. The molecule has 0 fully saturated rings. The molecule has 1 heterocycles. The fourth-order valence-corrected chi connectivity index (χ4v) is 2.29. The van der Waals surface area contributed by atoms with Gasteiger partial charge in [-0.25, -0.2) is 4.79 Å². The molecule has 0 saturated carbocycles. The Morgan fingerprint density at radius 2 is 2.19 bits per heavy atom. The lowest BCUT2D eigenvalue weighted by atomic mass is 10.1. The summed E-state index contributed by atoms with van der Waals surface area (Å²) in [5.74, 6) is -0.173. The van der Waals surface area contributed by atoms with Crippen molar-refractivity contribution in [2.45, 2.75) is 0 Å². The SMILES string of the molecule is COC(=O)c1sccc1-c1cccc(O)c1. The number of benzene rings is 1. The Morgan fingerprint density at radius 3 is 2.88 bits per heavy atom. The smallest absolute Gasteiger partial charge is 0.348 e. The van der Waals surface area contributed by atoms with Crippen molar-refractivity contribution in [1.82, 2.24) is 0 Å². The molecule has 0 atom stereocenters. The molecular weight excluding hydrogens is 224 g/mol. The molecule has 0 aliphatic rings. The van der Waals surface area contributed by atoms with Crippen molar-refractivity contribution < 1.29 is 14.6 Å². The van der Waals surface area contributed by atoms with E-state index in [1.54, 1.807) is 18.2 Å². The van der Waals surface area contributed by atoms with E-state index >= 15 is 0 Å². The number of aromatic hydroxyl groups is 1. The largest absolute Gasteiger partial charge is 0.508 e. The van der Waals surface area contributed by atoms with Crippen LogP contribution in [0, 0.1) is 0 Å². The first-order valence-corrected chi connectivity index (χ1v) is 5.55. The molecule has 1 aromatic carbocycles. The van der Waals surface area contributed by atoms with Gasteiger partial charge in [-0.2, -0.15) is 0 Å². The van der Waals surface area contributed by atoms with Gasteiger partial charge < -0.3 is 9.84 Å². The van der Waals surface area contributed by atoms with Gasteiger partial charge in [0.05, 0.1) is 7.11 Å². The van der Waals surface area contributed by atoms with Crippen LogP contribution in [-0.4, -0.2) is 18.2 Å². The molecule has 2 aromatic rings. The van der Waals surface area contributed by atoms with Crippen LogP contribution in [0.2, 0.25) is 0 Å². The molecule has 0 bridgehead atoms. The molecule has 1 N–H and O–H groups in total. The highest BCUT2D eigenvalue weighted by molar-refractivity contribution is 7.12. The summed E-state index contributed by atoms with van der Waals surface area (Å²) < 4.78 is 4.70. The molecule has 0 saturated heterocycles. The van der Waals surface area contributed by atoms with E-state index in [9.17, 15) is 9.90 Å². The minimum atomic E-state index is -0.353. The molecule has 0 aliphatic heterocycles. The maximum Gasteiger partial charge on any atom is 0.348 e. The number of esters is 1. The Morgan fingerprint density at radius 1 is 1.38 bits per heavy atom. The lowest BCUT2D eigenvalue weighted by molar-refractivity contribution is 0.0607. The van der Waals surface area contributed by atoms with E-state index in [1.165, 1.54) is 18.4 Å². The Kier molecular flexibility index (Phi) is 2.92. The third-order valence-electron chi connectivity index (χ3n) is 2.19. The number of phenolic OH excluding ortho intramolecular Hbond substituents is 1. The zero-order chi connectivity index (χ0) is 11.5. The summed E-state index contributed by atoms with van der Waals surface area (Å²) >= 11 is 1.33. The first-order valence-electron chi connectivity index (χ1n) is 4.67. The van der Waals surface area contributed by atoms with Gasteiger partial charge in [-0.15, -0.1) is 11.3 Å². The van der Waals surface area contributed by atoms with Crippen LogP contribution in [0.1, 0.15) is 9.67 Å². The van der Waals surface area contributed by atoms with Gasteiger partial charge in [-0.1, -0.05) is 12.1 Å². The Bertz CT molecular complexity index is 516. The average molecular weight is 234 g/mol. The van der Waals surface area contributed by atoms with Gasteiger partial charge in [0.1, 0.15) is 10.6 Å². The molecule has 0 unspecified atom stereocenters. The molecule has 2 rings (SSSR count). The fraction of sp³-hybridized carbons (Fsp3) is 0.0833. The van der Waals surface area contributed by atoms with Gasteiger partial charge in [-0.3, -0.25) is 0 Å². The van der Waals surface area contributed by atoms with E-state index in [0.29, 0.717) is 4.88 Å². The second-order valence-corrected chi connectivity index (χ2v) is 4.12. The van der Waals surface area contributed by atoms with Crippen LogP contribution in [-0.2, 0) is 4.74 Å². The van der Waals surface area contributed by atoms with Crippen LogP contribution in [0.3, 0.4) is 0 Å². The second-order valence-electron chi connectivity index (χ2n) is 3.21. The first-order chi connectivity index (χ1) is 7.72. The molecule has 0 aliphatic carbocycles. The van der Waals surface area contributed by atoms with Crippen molar-refractivity contribution in [2.24, 2.45) is 0 Å². The number of methoxy groups -OCH3 is 1. The zero-order valence-corrected chi connectivity index (χ0v) is 9.45. The highest BCUT2D eigenvalue weighted by atomic mass is 32.1. The van der Waals surface area contributed by atoms with Gasteiger partial charge in [0, 0.05) is 5.56 Å². The van der Waals surface area contributed by atoms with Crippen LogP contribution in [0.15, 0.2) is 35.7 Å². The van der Waals surface area contributed by atoms with Gasteiger partial charge in [-0.05, 0) is 29.1 Å². The van der Waals surface area contributed by atoms with Crippen LogP contribution in [0.4, 0.5) is 0 Å². The van der Waals surface area contributed by atoms with Crippen LogP contribution in [0.25, 0.3) is 11.1 Å². The average Bonchev–Trinajstić information content (AvgIpc) is 2.77. The normalized spacial score (nSPS) is 10.1. The third-order valence-corrected chi connectivity index (χ3v) is 3.09. The van der Waals surface area contributed by atoms with Gasteiger partial charge in [0.2, 0.25) is 0 Å². The molecule has 1 aromatic heterocycles. The maximum absolute atomic E-state index is 11.5. The van der Waals surface area contributed by atoms with Crippen molar-refractivity contribution in [2.75, 3.05) is 7.11 Å². The molecule has 3 nitrogen and oxygen atoms in total. The summed E-state index contributed by atoms with van der Waals surface area (Å²) in [7, 11) is 1.36. The lowest BCUT2D eigenvalue weighted by Crippen LogP contribution is -1.99. The zero-order valence-electron chi connectivity index (χ0n) is 8.64. The molecule has 0 radical (unpaired) electrons. The summed E-state index contributed by atoms with van der Waals surface area (Å²) in [5.41, 5.74) is 1.59. The number of ether oxygens (including phenoxy) is 1. The molecule has 16 heavy (non-hydrogen) atoms. The van der Waals surface area contributed by atoms with Crippen LogP contribution < -0.4 is 0 Å². The molecule has 4 heteroatoms. The van der Waals surface area contributed by atoms with Crippen molar-refractivity contribution in [3.05, 3.63) is 40.6 Å². The molecule has 0 spiro atoms. The minimum Gasteiger partial charge on any atom is -0.508 e. The molecular formula is C12H10O3S. The number of hydrogen-bond donors (Lipinski definition) is 1. The minimum absolute atomic E-state index is 0.180. The summed E-state index contributed by atoms with van der Waals surface area (Å²) in [5, 5.41) is 11.2. The predicted molar refractivity (Wildman–Crippen MR) is 62.8 cm³/mol. The summed E-state index contributed by atoms with van der Waals surface area (Å²) in [4.78, 5) is 12.0. The first kappa shape index (κ1) is 10.7. The number of thiophene rings is 1. The van der Waals surface area contributed by atoms with Crippen molar-refractivity contribution >= 4 is 17.3 Å². The topological polar surface area (TPSA) is 46.5 Å². The van der Waals surface area contributed by atoms with E-state index < -0.39 is 0 Å². The maximum atomic E-state index is 11.5. The number of rotatable bonds is 2. The quantitative estimate of drug-likeness (QED) is 0.813. The highest BCUT2D eigenvalue weighted by Crippen LogP contribution is 2.30. The van der Waals surface area contributed by atoms with Gasteiger partial charge >= 0.3 is 5.97 Å². The van der Waals surface area contributed by atoms with Crippen molar-refractivity contribution in [3.8, 4) is 16.9 Å². The monoisotopic (exact) mass is 234 g/mol. The number of carbonyl (C=O) groups is 1. The van der Waals surface area contributed by atoms with Gasteiger partial charge in [0.25, 0.3) is 0 Å². The predicted octanol–water partition coefficient (Wildman–Crippen LogP) is 2.91. The number of hydrogen-bond acceptors (Lipinski definition) is 4. The van der Waals surface area contributed by atoms with Crippen molar-refractivity contribution in [3.63, 3.8) is 0 Å². The van der Waals surface area contributed by atoms with E-state index in [1.807, 2.05) is 17.5 Å². The van der Waals surface area contributed by atoms with E-state index in [-0.39, 0.29) is 11.7 Å². The Hall–Kier alpha value is -1.81. The van der Waals surface area contributed by atoms with E-state index in [2.05, 4.69) is 0 Å². The van der Waals surface area contributed by atoms with Crippen LogP contribution >= 0.6 is 11.3 Å². The van der Waals surface area contributed by atoms with E-state index in [0.717, 1.165) is 11.1 Å². The second kappa shape index (κ2) is 4.37. The standard InChI is InChI=1S/C12H10O3S/c1-15-12(14)11-10(5-6-16-11)8-3-2-4-9(13)7-8/h2-7,13H,1H3. The lowest BCUT2D eigenvalue weighted by Gasteiger charge is -2.02. The highest BCUT2D eigenvalue weighted by Gasteiger charge is 2.14. The fourth-order valence-electron chi connectivity index (χ4n) is 1.46.